The topological polar surface area (TPSA) is 23.6 Å². The van der Waals surface area contributed by atoms with E-state index in [-0.39, 0.29) is 11.8 Å². The first kappa shape index (κ1) is 15.6. The highest BCUT2D eigenvalue weighted by molar-refractivity contribution is 5.79. The van der Waals surface area contributed by atoms with Crippen LogP contribution < -0.4 is 0 Å². The largest absolute Gasteiger partial charge is 0.401 e. The van der Waals surface area contributed by atoms with Gasteiger partial charge in [-0.05, 0) is 19.3 Å². The van der Waals surface area contributed by atoms with Crippen LogP contribution in [0.4, 0.5) is 13.2 Å². The maximum Gasteiger partial charge on any atom is 0.401 e. The van der Waals surface area contributed by atoms with E-state index in [0.29, 0.717) is 32.6 Å². The highest BCUT2D eigenvalue weighted by Crippen LogP contribution is 2.26. The van der Waals surface area contributed by atoms with E-state index in [0.717, 1.165) is 25.7 Å². The van der Waals surface area contributed by atoms with Crippen LogP contribution >= 0.6 is 0 Å². The fourth-order valence-corrected chi connectivity index (χ4v) is 3.21. The van der Waals surface area contributed by atoms with E-state index in [9.17, 15) is 18.0 Å². The van der Waals surface area contributed by atoms with E-state index in [1.807, 2.05) is 0 Å². The lowest BCUT2D eigenvalue weighted by Gasteiger charge is -2.28. The van der Waals surface area contributed by atoms with Gasteiger partial charge in [0.2, 0.25) is 5.91 Å². The Labute approximate surface area is 118 Å². The zero-order valence-electron chi connectivity index (χ0n) is 11.8. The van der Waals surface area contributed by atoms with Crippen LogP contribution in [0.3, 0.4) is 0 Å². The molecule has 0 aromatic carbocycles. The number of nitrogens with zero attached hydrogens (tertiary/aromatic N) is 2. The number of halogens is 3. The quantitative estimate of drug-likeness (QED) is 0.781. The van der Waals surface area contributed by atoms with Crippen LogP contribution in [0.15, 0.2) is 0 Å². The maximum absolute atomic E-state index is 12.4. The van der Waals surface area contributed by atoms with E-state index in [1.54, 1.807) is 4.90 Å². The first-order chi connectivity index (χ1) is 9.46. The average molecular weight is 292 g/mol. The summed E-state index contributed by atoms with van der Waals surface area (Å²) in [4.78, 5) is 15.6. The van der Waals surface area contributed by atoms with E-state index >= 15 is 0 Å². The number of hydrogen-bond acceptors (Lipinski definition) is 2. The predicted octanol–water partition coefficient (Wildman–Crippen LogP) is 2.66. The summed E-state index contributed by atoms with van der Waals surface area (Å²) >= 11 is 0. The zero-order chi connectivity index (χ0) is 14.6. The van der Waals surface area contributed by atoms with Gasteiger partial charge < -0.3 is 4.90 Å². The molecule has 1 amide bonds. The lowest BCUT2D eigenvalue weighted by atomic mass is 9.88. The Morgan fingerprint density at radius 3 is 2.30 bits per heavy atom. The van der Waals surface area contributed by atoms with Crippen molar-refractivity contribution in [2.75, 3.05) is 32.7 Å². The van der Waals surface area contributed by atoms with Crippen LogP contribution in [-0.2, 0) is 4.79 Å². The monoisotopic (exact) mass is 292 g/mol. The predicted molar refractivity (Wildman–Crippen MR) is 70.3 cm³/mol. The summed E-state index contributed by atoms with van der Waals surface area (Å²) in [5.41, 5.74) is 0. The molecule has 1 aliphatic heterocycles. The van der Waals surface area contributed by atoms with Gasteiger partial charge in [0.25, 0.3) is 0 Å². The van der Waals surface area contributed by atoms with Gasteiger partial charge in [-0.2, -0.15) is 13.2 Å². The summed E-state index contributed by atoms with van der Waals surface area (Å²) in [5.74, 6) is 0.275. The molecule has 2 aliphatic rings. The molecular weight excluding hydrogens is 269 g/mol. The second-order valence-corrected chi connectivity index (χ2v) is 5.91. The third-order valence-electron chi connectivity index (χ3n) is 4.26. The highest BCUT2D eigenvalue weighted by Gasteiger charge is 2.33. The van der Waals surface area contributed by atoms with Gasteiger partial charge in [0.1, 0.15) is 0 Å². The van der Waals surface area contributed by atoms with E-state index in [2.05, 4.69) is 0 Å². The van der Waals surface area contributed by atoms with Crippen LogP contribution in [0.2, 0.25) is 0 Å². The molecule has 0 spiro atoms. The van der Waals surface area contributed by atoms with Crippen molar-refractivity contribution in [2.45, 2.75) is 44.7 Å². The SMILES string of the molecule is O=C(C1CCCCC1)N1CCCN(CC(F)(F)F)CC1. The van der Waals surface area contributed by atoms with Crippen LogP contribution in [-0.4, -0.2) is 54.6 Å². The van der Waals surface area contributed by atoms with Gasteiger partial charge in [-0.15, -0.1) is 0 Å². The van der Waals surface area contributed by atoms with Crippen molar-refractivity contribution in [3.8, 4) is 0 Å². The van der Waals surface area contributed by atoms with E-state index < -0.39 is 12.7 Å². The molecule has 3 nitrogen and oxygen atoms in total. The van der Waals surface area contributed by atoms with Gasteiger partial charge in [0, 0.05) is 32.1 Å². The molecule has 1 saturated heterocycles. The molecule has 1 aliphatic carbocycles. The van der Waals surface area contributed by atoms with Crippen molar-refractivity contribution in [3.05, 3.63) is 0 Å². The van der Waals surface area contributed by atoms with Crippen molar-refractivity contribution < 1.29 is 18.0 Å². The Morgan fingerprint density at radius 1 is 0.950 bits per heavy atom. The fraction of sp³-hybridized carbons (Fsp3) is 0.929. The van der Waals surface area contributed by atoms with Gasteiger partial charge in [-0.25, -0.2) is 0 Å². The summed E-state index contributed by atoms with van der Waals surface area (Å²) in [6.45, 7) is 0.930. The van der Waals surface area contributed by atoms with Crippen LogP contribution in [0.5, 0.6) is 0 Å². The van der Waals surface area contributed by atoms with Crippen LogP contribution in [0, 0.1) is 5.92 Å². The molecule has 1 saturated carbocycles. The van der Waals surface area contributed by atoms with E-state index in [1.165, 1.54) is 11.3 Å². The standard InChI is InChI=1S/C14H23F3N2O/c15-14(16,17)11-18-7-4-8-19(10-9-18)13(20)12-5-2-1-3-6-12/h12H,1-11H2. The van der Waals surface area contributed by atoms with Crippen molar-refractivity contribution >= 4 is 5.91 Å². The molecule has 2 rings (SSSR count). The summed E-state index contributed by atoms with van der Waals surface area (Å²) in [5, 5.41) is 0. The second kappa shape index (κ2) is 6.78. The number of hydrogen-bond donors (Lipinski definition) is 0. The maximum atomic E-state index is 12.4. The lowest BCUT2D eigenvalue weighted by molar-refractivity contribution is -0.145. The number of amides is 1. The summed E-state index contributed by atoms with van der Waals surface area (Å²) in [6, 6.07) is 0. The minimum atomic E-state index is -4.15. The third-order valence-corrected chi connectivity index (χ3v) is 4.26. The fourth-order valence-electron chi connectivity index (χ4n) is 3.21. The molecule has 0 atom stereocenters. The molecule has 20 heavy (non-hydrogen) atoms. The Morgan fingerprint density at radius 2 is 1.65 bits per heavy atom. The van der Waals surface area contributed by atoms with Gasteiger partial charge >= 0.3 is 6.18 Å². The molecule has 0 aromatic heterocycles. The van der Waals surface area contributed by atoms with Crippen molar-refractivity contribution in [3.63, 3.8) is 0 Å². The minimum absolute atomic E-state index is 0.109. The average Bonchev–Trinajstić information content (AvgIpc) is 2.63. The highest BCUT2D eigenvalue weighted by atomic mass is 19.4. The molecule has 0 aromatic rings. The summed E-state index contributed by atoms with van der Waals surface area (Å²) < 4.78 is 37.2. The summed E-state index contributed by atoms with van der Waals surface area (Å²) in [7, 11) is 0. The minimum Gasteiger partial charge on any atom is -0.341 e. The molecule has 1 heterocycles. The first-order valence-electron chi connectivity index (χ1n) is 7.53. The third kappa shape index (κ3) is 4.65. The van der Waals surface area contributed by atoms with Crippen LogP contribution in [0.1, 0.15) is 38.5 Å². The number of alkyl halides is 3. The number of carbonyl (C=O) groups is 1. The Kier molecular flexibility index (Phi) is 5.29. The molecule has 0 unspecified atom stereocenters. The van der Waals surface area contributed by atoms with Gasteiger partial charge in [-0.1, -0.05) is 19.3 Å². The molecule has 6 heteroatoms. The first-order valence-corrected chi connectivity index (χ1v) is 7.53. The smallest absolute Gasteiger partial charge is 0.341 e. The Bertz CT molecular complexity index is 327. The molecule has 0 bridgehead atoms. The van der Waals surface area contributed by atoms with Crippen molar-refractivity contribution in [2.24, 2.45) is 5.92 Å². The lowest BCUT2D eigenvalue weighted by Crippen LogP contribution is -2.41. The van der Waals surface area contributed by atoms with Gasteiger partial charge in [0.05, 0.1) is 6.54 Å². The zero-order valence-corrected chi connectivity index (χ0v) is 11.8. The normalized spacial score (nSPS) is 23.6. The van der Waals surface area contributed by atoms with Gasteiger partial charge in [0.15, 0.2) is 0 Å². The Hall–Kier alpha value is -0.780. The number of rotatable bonds is 2. The number of carbonyl (C=O) groups excluding carboxylic acids is 1. The molecule has 0 N–H and O–H groups in total. The second-order valence-electron chi connectivity index (χ2n) is 5.91. The molecule has 116 valence electrons. The molecule has 0 radical (unpaired) electrons. The van der Waals surface area contributed by atoms with Crippen LogP contribution in [0.25, 0.3) is 0 Å². The Balaban J connectivity index is 1.84. The van der Waals surface area contributed by atoms with E-state index in [4.69, 9.17) is 0 Å². The van der Waals surface area contributed by atoms with Crippen molar-refractivity contribution in [1.82, 2.24) is 9.80 Å². The molecule has 2 fully saturated rings. The van der Waals surface area contributed by atoms with Gasteiger partial charge in [-0.3, -0.25) is 9.69 Å². The molecular formula is C14H23F3N2O. The summed E-state index contributed by atoms with van der Waals surface area (Å²) in [6.07, 6.45) is 1.78. The van der Waals surface area contributed by atoms with Crippen molar-refractivity contribution in [1.29, 1.82) is 0 Å².